The first-order valence-electron chi connectivity index (χ1n) is 6.84. The van der Waals surface area contributed by atoms with Gasteiger partial charge in [0.2, 0.25) is 0 Å². The largest absolute Gasteiger partial charge is 0.487 e. The third kappa shape index (κ3) is 3.95. The van der Waals surface area contributed by atoms with Crippen LogP contribution >= 0.6 is 0 Å². The molecule has 1 N–H and O–H groups in total. The van der Waals surface area contributed by atoms with Crippen LogP contribution in [0.1, 0.15) is 13.3 Å². The molecule has 112 valence electrons. The van der Waals surface area contributed by atoms with Crippen molar-refractivity contribution in [3.63, 3.8) is 0 Å². The molecule has 1 aromatic heterocycles. The van der Waals surface area contributed by atoms with Gasteiger partial charge in [0.1, 0.15) is 5.69 Å². The maximum absolute atomic E-state index is 11.3. The molecule has 0 radical (unpaired) electrons. The zero-order valence-electron chi connectivity index (χ0n) is 11.9. The molecule has 0 saturated carbocycles. The van der Waals surface area contributed by atoms with E-state index in [1.807, 2.05) is 19.2 Å². The number of anilines is 1. The van der Waals surface area contributed by atoms with Gasteiger partial charge in [0, 0.05) is 18.9 Å². The Labute approximate surface area is 122 Å². The zero-order valence-corrected chi connectivity index (χ0v) is 11.9. The highest BCUT2D eigenvalue weighted by Crippen LogP contribution is 2.34. The van der Waals surface area contributed by atoms with E-state index in [1.54, 1.807) is 29.1 Å². The number of aromatic nitrogens is 2. The van der Waals surface area contributed by atoms with E-state index in [-0.39, 0.29) is 5.69 Å². The summed E-state index contributed by atoms with van der Waals surface area (Å²) in [5.74, 6) is 0.297. The van der Waals surface area contributed by atoms with E-state index in [0.29, 0.717) is 31.1 Å². The van der Waals surface area contributed by atoms with Crippen molar-refractivity contribution in [2.75, 3.05) is 18.5 Å². The van der Waals surface area contributed by atoms with Gasteiger partial charge in [-0.25, -0.2) is 0 Å². The monoisotopic (exact) mass is 290 g/mol. The fraction of sp³-hybridized carbons (Fsp3) is 0.357. The molecule has 2 aromatic rings. The summed E-state index contributed by atoms with van der Waals surface area (Å²) in [6.07, 6.45) is 4.34. The second kappa shape index (κ2) is 7.28. The lowest BCUT2D eigenvalue weighted by atomic mass is 10.2. The second-order valence-electron chi connectivity index (χ2n) is 4.45. The Bertz CT molecular complexity index is 584. The number of nitro groups is 1. The van der Waals surface area contributed by atoms with E-state index in [2.05, 4.69) is 10.4 Å². The summed E-state index contributed by atoms with van der Waals surface area (Å²) in [5.41, 5.74) is 0.437. The molecule has 0 aliphatic heterocycles. The average Bonchev–Trinajstić information content (AvgIpc) is 2.98. The van der Waals surface area contributed by atoms with Gasteiger partial charge in [0.15, 0.2) is 5.75 Å². The lowest BCUT2D eigenvalue weighted by Gasteiger charge is -2.11. The molecular formula is C14H18N4O3. The van der Waals surface area contributed by atoms with Crippen LogP contribution in [0, 0.1) is 10.1 Å². The molecule has 0 bridgehead atoms. The number of nitrogens with zero attached hydrogens (tertiary/aromatic N) is 3. The van der Waals surface area contributed by atoms with Gasteiger partial charge in [-0.05, 0) is 24.6 Å². The number of nitro benzene ring substituents is 1. The van der Waals surface area contributed by atoms with E-state index in [9.17, 15) is 10.1 Å². The molecule has 1 heterocycles. The van der Waals surface area contributed by atoms with Crippen molar-refractivity contribution in [2.24, 2.45) is 0 Å². The Hall–Kier alpha value is -2.57. The van der Waals surface area contributed by atoms with Crippen molar-refractivity contribution in [1.29, 1.82) is 0 Å². The van der Waals surface area contributed by atoms with Crippen molar-refractivity contribution >= 4 is 11.4 Å². The topological polar surface area (TPSA) is 82.2 Å². The summed E-state index contributed by atoms with van der Waals surface area (Å²) < 4.78 is 7.20. The molecule has 0 spiro atoms. The van der Waals surface area contributed by atoms with Crippen molar-refractivity contribution in [2.45, 2.75) is 19.9 Å². The lowest BCUT2D eigenvalue weighted by Crippen LogP contribution is -2.12. The zero-order chi connectivity index (χ0) is 15.1. The summed E-state index contributed by atoms with van der Waals surface area (Å²) in [6, 6.07) is 6.88. The van der Waals surface area contributed by atoms with Crippen LogP contribution < -0.4 is 10.1 Å². The summed E-state index contributed by atoms with van der Waals surface area (Å²) >= 11 is 0. The predicted molar refractivity (Wildman–Crippen MR) is 79.6 cm³/mol. The molecule has 0 fully saturated rings. The molecular weight excluding hydrogens is 272 g/mol. The quantitative estimate of drug-likeness (QED) is 0.597. The molecule has 0 atom stereocenters. The second-order valence-corrected chi connectivity index (χ2v) is 4.45. The number of hydrogen-bond donors (Lipinski definition) is 1. The Morgan fingerprint density at radius 3 is 2.95 bits per heavy atom. The van der Waals surface area contributed by atoms with Gasteiger partial charge in [-0.15, -0.1) is 0 Å². The van der Waals surface area contributed by atoms with E-state index in [1.165, 1.54) is 0 Å². The van der Waals surface area contributed by atoms with Gasteiger partial charge in [0.05, 0.1) is 18.1 Å². The minimum absolute atomic E-state index is 0.0218. The number of rotatable bonds is 8. The highest BCUT2D eigenvalue weighted by Gasteiger charge is 2.20. The molecule has 0 aliphatic rings. The Kier molecular flexibility index (Phi) is 5.14. The first kappa shape index (κ1) is 14.8. The van der Waals surface area contributed by atoms with Crippen LogP contribution in [0.15, 0.2) is 36.7 Å². The van der Waals surface area contributed by atoms with E-state index >= 15 is 0 Å². The number of nitrogens with one attached hydrogen (secondary N) is 1. The third-order valence-electron chi connectivity index (χ3n) is 2.86. The molecule has 21 heavy (non-hydrogen) atoms. The molecule has 7 nitrogen and oxygen atoms in total. The molecule has 0 aliphatic carbocycles. The smallest absolute Gasteiger partial charge is 0.333 e. The standard InChI is InChI=1S/C14H18N4O3/c1-2-11-21-13-6-3-5-12(14(13)18(19)20)15-8-10-17-9-4-7-16-17/h3-7,9,15H,2,8,10-11H2,1H3. The molecule has 0 unspecified atom stereocenters. The van der Waals surface area contributed by atoms with Crippen molar-refractivity contribution in [3.8, 4) is 5.75 Å². The number of hydrogen-bond acceptors (Lipinski definition) is 5. The predicted octanol–water partition coefficient (Wildman–Crippen LogP) is 2.69. The maximum Gasteiger partial charge on any atom is 0.333 e. The van der Waals surface area contributed by atoms with Crippen molar-refractivity contribution in [3.05, 3.63) is 46.8 Å². The van der Waals surface area contributed by atoms with Crippen LogP contribution in [0.2, 0.25) is 0 Å². The van der Waals surface area contributed by atoms with Gasteiger partial charge >= 0.3 is 5.69 Å². The van der Waals surface area contributed by atoms with E-state index in [4.69, 9.17) is 4.74 Å². The van der Waals surface area contributed by atoms with Crippen LogP contribution in [-0.2, 0) is 6.54 Å². The molecule has 0 amide bonds. The van der Waals surface area contributed by atoms with Crippen LogP contribution in [0.4, 0.5) is 11.4 Å². The van der Waals surface area contributed by atoms with Crippen LogP contribution in [-0.4, -0.2) is 27.9 Å². The number of para-hydroxylation sites is 1. The summed E-state index contributed by atoms with van der Waals surface area (Å²) in [6.45, 7) is 3.58. The van der Waals surface area contributed by atoms with E-state index < -0.39 is 4.92 Å². The van der Waals surface area contributed by atoms with Gasteiger partial charge in [-0.3, -0.25) is 14.8 Å². The summed E-state index contributed by atoms with van der Waals surface area (Å²) in [4.78, 5) is 10.9. The lowest BCUT2D eigenvalue weighted by molar-refractivity contribution is -0.385. The first-order chi connectivity index (χ1) is 10.2. The third-order valence-corrected chi connectivity index (χ3v) is 2.86. The minimum Gasteiger partial charge on any atom is -0.487 e. The Balaban J connectivity index is 2.08. The van der Waals surface area contributed by atoms with Gasteiger partial charge in [-0.1, -0.05) is 13.0 Å². The van der Waals surface area contributed by atoms with Crippen LogP contribution in [0.3, 0.4) is 0 Å². The Morgan fingerprint density at radius 1 is 1.43 bits per heavy atom. The number of ether oxygens (including phenoxy) is 1. The van der Waals surface area contributed by atoms with Gasteiger partial charge in [0.25, 0.3) is 0 Å². The molecule has 1 aromatic carbocycles. The number of benzene rings is 1. The molecule has 0 saturated heterocycles. The van der Waals surface area contributed by atoms with Crippen molar-refractivity contribution < 1.29 is 9.66 Å². The SMILES string of the molecule is CCCOc1cccc(NCCn2cccn2)c1[N+](=O)[O-]. The van der Waals surface area contributed by atoms with Gasteiger partial charge in [-0.2, -0.15) is 5.10 Å². The normalized spacial score (nSPS) is 10.3. The fourth-order valence-corrected chi connectivity index (χ4v) is 1.92. The van der Waals surface area contributed by atoms with Crippen LogP contribution in [0.25, 0.3) is 0 Å². The molecule has 7 heteroatoms. The fourth-order valence-electron chi connectivity index (χ4n) is 1.92. The Morgan fingerprint density at radius 2 is 2.29 bits per heavy atom. The maximum atomic E-state index is 11.3. The van der Waals surface area contributed by atoms with Crippen LogP contribution in [0.5, 0.6) is 5.75 Å². The van der Waals surface area contributed by atoms with E-state index in [0.717, 1.165) is 6.42 Å². The van der Waals surface area contributed by atoms with Crippen molar-refractivity contribution in [1.82, 2.24) is 9.78 Å². The average molecular weight is 290 g/mol. The molecule has 2 rings (SSSR count). The summed E-state index contributed by atoms with van der Waals surface area (Å²) in [5, 5.41) is 18.4. The van der Waals surface area contributed by atoms with Gasteiger partial charge < -0.3 is 10.1 Å². The highest BCUT2D eigenvalue weighted by atomic mass is 16.6. The first-order valence-corrected chi connectivity index (χ1v) is 6.84. The summed E-state index contributed by atoms with van der Waals surface area (Å²) in [7, 11) is 0. The highest BCUT2D eigenvalue weighted by molar-refractivity contribution is 5.68. The minimum atomic E-state index is -0.415.